The van der Waals surface area contributed by atoms with Gasteiger partial charge >= 0.3 is 0 Å². The fraction of sp³-hybridized carbons (Fsp3) is 0.286. The highest BCUT2D eigenvalue weighted by Gasteiger charge is 2.09. The van der Waals surface area contributed by atoms with E-state index in [1.807, 2.05) is 36.2 Å². The third-order valence-electron chi connectivity index (χ3n) is 2.82. The molecule has 5 heteroatoms. The number of benzene rings is 1. The van der Waals surface area contributed by atoms with Crippen LogP contribution in [0.5, 0.6) is 0 Å². The molecule has 0 spiro atoms. The molecule has 0 bridgehead atoms. The van der Waals surface area contributed by atoms with E-state index in [4.69, 9.17) is 0 Å². The number of rotatable bonds is 6. The van der Waals surface area contributed by atoms with E-state index >= 15 is 0 Å². The zero-order valence-corrected chi connectivity index (χ0v) is 11.0. The zero-order chi connectivity index (χ0) is 13.5. The van der Waals surface area contributed by atoms with Gasteiger partial charge in [0.1, 0.15) is 18.0 Å². The van der Waals surface area contributed by atoms with E-state index in [9.17, 15) is 5.11 Å². The van der Waals surface area contributed by atoms with Crippen LogP contribution in [0.1, 0.15) is 5.56 Å². The van der Waals surface area contributed by atoms with Crippen molar-refractivity contribution in [1.82, 2.24) is 9.97 Å². The van der Waals surface area contributed by atoms with E-state index in [1.165, 1.54) is 11.9 Å². The van der Waals surface area contributed by atoms with Crippen molar-refractivity contribution in [2.75, 3.05) is 30.4 Å². The van der Waals surface area contributed by atoms with E-state index in [0.29, 0.717) is 13.1 Å². The summed E-state index contributed by atoms with van der Waals surface area (Å²) in [6, 6.07) is 12.0. The van der Waals surface area contributed by atoms with Gasteiger partial charge in [0, 0.05) is 26.2 Å². The van der Waals surface area contributed by atoms with Crippen molar-refractivity contribution in [2.45, 2.75) is 6.54 Å². The second-order valence-corrected chi connectivity index (χ2v) is 4.14. The Morgan fingerprint density at radius 2 is 2.00 bits per heavy atom. The minimum Gasteiger partial charge on any atom is -0.395 e. The fourth-order valence-corrected chi connectivity index (χ4v) is 1.86. The lowest BCUT2D eigenvalue weighted by Gasteiger charge is -2.23. The van der Waals surface area contributed by atoms with Crippen LogP contribution in [0.2, 0.25) is 0 Å². The van der Waals surface area contributed by atoms with Gasteiger partial charge in [-0.1, -0.05) is 30.3 Å². The number of anilines is 2. The average Bonchev–Trinajstić information content (AvgIpc) is 2.48. The van der Waals surface area contributed by atoms with Gasteiger partial charge in [-0.3, -0.25) is 0 Å². The van der Waals surface area contributed by atoms with Gasteiger partial charge in [0.15, 0.2) is 0 Å². The summed E-state index contributed by atoms with van der Waals surface area (Å²) in [7, 11) is 1.82. The molecular weight excluding hydrogens is 240 g/mol. The van der Waals surface area contributed by atoms with Gasteiger partial charge in [0.05, 0.1) is 6.61 Å². The molecule has 2 rings (SSSR count). The largest absolute Gasteiger partial charge is 0.395 e. The summed E-state index contributed by atoms with van der Waals surface area (Å²) in [5, 5.41) is 12.2. The molecule has 0 aliphatic carbocycles. The number of hydrogen-bond acceptors (Lipinski definition) is 5. The first-order chi connectivity index (χ1) is 9.33. The Morgan fingerprint density at radius 3 is 2.68 bits per heavy atom. The maximum Gasteiger partial charge on any atom is 0.134 e. The third kappa shape index (κ3) is 3.66. The van der Waals surface area contributed by atoms with Crippen molar-refractivity contribution < 1.29 is 5.11 Å². The van der Waals surface area contributed by atoms with Crippen LogP contribution in [0.3, 0.4) is 0 Å². The Labute approximate surface area is 112 Å². The number of hydrogen-bond donors (Lipinski definition) is 2. The van der Waals surface area contributed by atoms with E-state index in [1.54, 1.807) is 0 Å². The Balaban J connectivity index is 2.19. The van der Waals surface area contributed by atoms with Crippen molar-refractivity contribution in [2.24, 2.45) is 0 Å². The molecule has 2 N–H and O–H groups in total. The lowest BCUT2D eigenvalue weighted by atomic mass is 10.2. The Bertz CT molecular complexity index is 504. The van der Waals surface area contributed by atoms with Gasteiger partial charge in [-0.25, -0.2) is 9.97 Å². The van der Waals surface area contributed by atoms with Crippen LogP contribution < -0.4 is 10.2 Å². The molecule has 0 saturated carbocycles. The topological polar surface area (TPSA) is 61.3 Å². The van der Waals surface area contributed by atoms with Crippen LogP contribution in [0.15, 0.2) is 42.7 Å². The highest BCUT2D eigenvalue weighted by Crippen LogP contribution is 2.16. The fourth-order valence-electron chi connectivity index (χ4n) is 1.86. The molecular formula is C14H18N4O. The summed E-state index contributed by atoms with van der Waals surface area (Å²) in [6.07, 6.45) is 1.52. The molecule has 0 fully saturated rings. The van der Waals surface area contributed by atoms with Gasteiger partial charge in [0.25, 0.3) is 0 Å². The maximum atomic E-state index is 9.20. The van der Waals surface area contributed by atoms with Gasteiger partial charge in [-0.05, 0) is 5.56 Å². The van der Waals surface area contributed by atoms with Crippen LogP contribution in [0.25, 0.3) is 0 Å². The second kappa shape index (κ2) is 6.70. The molecule has 0 radical (unpaired) electrons. The van der Waals surface area contributed by atoms with Crippen LogP contribution in [0.4, 0.5) is 11.6 Å². The van der Waals surface area contributed by atoms with Crippen molar-refractivity contribution >= 4 is 11.6 Å². The highest BCUT2D eigenvalue weighted by molar-refractivity contribution is 5.48. The predicted molar refractivity (Wildman–Crippen MR) is 76.2 cm³/mol. The molecule has 1 heterocycles. The predicted octanol–water partition coefficient (Wildman–Crippen LogP) is 1.52. The first-order valence-corrected chi connectivity index (χ1v) is 6.23. The molecule has 1 aromatic heterocycles. The van der Waals surface area contributed by atoms with E-state index in [0.717, 1.165) is 11.6 Å². The van der Waals surface area contributed by atoms with Gasteiger partial charge < -0.3 is 15.3 Å². The molecule has 0 aliphatic rings. The summed E-state index contributed by atoms with van der Waals surface area (Å²) in [5.41, 5.74) is 1.18. The Kier molecular flexibility index (Phi) is 4.69. The number of aliphatic hydroxyl groups excluding tert-OH is 1. The molecule has 19 heavy (non-hydrogen) atoms. The van der Waals surface area contributed by atoms with Gasteiger partial charge in [-0.2, -0.15) is 0 Å². The van der Waals surface area contributed by atoms with Crippen LogP contribution in [0, 0.1) is 0 Å². The van der Waals surface area contributed by atoms with Crippen molar-refractivity contribution in [3.8, 4) is 0 Å². The summed E-state index contributed by atoms with van der Waals surface area (Å²) in [6.45, 7) is 1.34. The van der Waals surface area contributed by atoms with E-state index in [2.05, 4.69) is 27.4 Å². The monoisotopic (exact) mass is 258 g/mol. The minimum absolute atomic E-state index is 0.0890. The molecule has 0 amide bonds. The first-order valence-electron chi connectivity index (χ1n) is 6.23. The Hall–Kier alpha value is -2.14. The second-order valence-electron chi connectivity index (χ2n) is 4.14. The molecule has 0 unspecified atom stereocenters. The lowest BCUT2D eigenvalue weighted by molar-refractivity contribution is 0.301. The van der Waals surface area contributed by atoms with Crippen LogP contribution in [-0.4, -0.2) is 35.3 Å². The highest BCUT2D eigenvalue weighted by atomic mass is 16.3. The van der Waals surface area contributed by atoms with Gasteiger partial charge in [0.2, 0.25) is 0 Å². The standard InChI is InChI=1S/C14H18N4O/c1-15-13-9-14(17-11-16-13)18(7-8-19)10-12-5-3-2-4-6-12/h2-6,9,11,19H,7-8,10H2,1H3,(H,15,16,17). The molecule has 0 aliphatic heterocycles. The summed E-state index contributed by atoms with van der Waals surface area (Å²) >= 11 is 0. The van der Waals surface area contributed by atoms with Crippen LogP contribution in [-0.2, 0) is 6.54 Å². The summed E-state index contributed by atoms with van der Waals surface area (Å²) in [5.74, 6) is 1.57. The third-order valence-corrected chi connectivity index (χ3v) is 2.82. The molecule has 100 valence electrons. The summed E-state index contributed by atoms with van der Waals surface area (Å²) < 4.78 is 0. The number of aliphatic hydroxyl groups is 1. The van der Waals surface area contributed by atoms with E-state index in [-0.39, 0.29) is 6.61 Å². The molecule has 0 atom stereocenters. The first kappa shape index (κ1) is 13.3. The average molecular weight is 258 g/mol. The quantitative estimate of drug-likeness (QED) is 0.822. The summed E-state index contributed by atoms with van der Waals surface area (Å²) in [4.78, 5) is 10.4. The van der Waals surface area contributed by atoms with Crippen molar-refractivity contribution in [3.05, 3.63) is 48.3 Å². The molecule has 2 aromatic rings. The van der Waals surface area contributed by atoms with Crippen molar-refractivity contribution in [1.29, 1.82) is 0 Å². The lowest BCUT2D eigenvalue weighted by Crippen LogP contribution is -2.27. The number of aromatic nitrogens is 2. The smallest absolute Gasteiger partial charge is 0.134 e. The van der Waals surface area contributed by atoms with E-state index < -0.39 is 0 Å². The zero-order valence-electron chi connectivity index (χ0n) is 11.0. The number of nitrogens with one attached hydrogen (secondary N) is 1. The van der Waals surface area contributed by atoms with Crippen molar-refractivity contribution in [3.63, 3.8) is 0 Å². The molecule has 1 aromatic carbocycles. The minimum atomic E-state index is 0.0890. The maximum absolute atomic E-state index is 9.20. The van der Waals surface area contributed by atoms with Crippen LogP contribution >= 0.6 is 0 Å². The Morgan fingerprint density at radius 1 is 1.21 bits per heavy atom. The number of nitrogens with zero attached hydrogens (tertiary/aromatic N) is 3. The molecule has 0 saturated heterocycles. The van der Waals surface area contributed by atoms with Gasteiger partial charge in [-0.15, -0.1) is 0 Å². The normalized spacial score (nSPS) is 10.2. The SMILES string of the molecule is CNc1cc(N(CCO)Cc2ccccc2)ncn1. The molecule has 5 nitrogen and oxygen atoms in total.